The van der Waals surface area contributed by atoms with E-state index in [0.717, 1.165) is 12.1 Å². The molecule has 2 heterocycles. The average molecular weight is 315 g/mol. The molecule has 0 aliphatic heterocycles. The SMILES string of the molecule is CN(C)c1ccc(Cc2sc(N)nc2-c2cccs2)cc1. The van der Waals surface area contributed by atoms with E-state index < -0.39 is 0 Å². The molecule has 21 heavy (non-hydrogen) atoms. The molecule has 108 valence electrons. The van der Waals surface area contributed by atoms with Crippen molar-refractivity contribution >= 4 is 33.5 Å². The van der Waals surface area contributed by atoms with Crippen molar-refractivity contribution in [1.29, 1.82) is 0 Å². The maximum atomic E-state index is 5.91. The summed E-state index contributed by atoms with van der Waals surface area (Å²) in [4.78, 5) is 9.01. The Morgan fingerprint density at radius 1 is 1.14 bits per heavy atom. The van der Waals surface area contributed by atoms with E-state index in [-0.39, 0.29) is 0 Å². The lowest BCUT2D eigenvalue weighted by Crippen LogP contribution is -2.08. The Hall–Kier alpha value is -1.85. The first-order valence-electron chi connectivity index (χ1n) is 6.69. The Kier molecular flexibility index (Phi) is 3.94. The fourth-order valence-corrected chi connectivity index (χ4v) is 3.88. The summed E-state index contributed by atoms with van der Waals surface area (Å²) in [6.45, 7) is 0. The number of aromatic nitrogens is 1. The Morgan fingerprint density at radius 2 is 1.90 bits per heavy atom. The van der Waals surface area contributed by atoms with E-state index in [0.29, 0.717) is 5.13 Å². The summed E-state index contributed by atoms with van der Waals surface area (Å²) in [5.74, 6) is 0. The van der Waals surface area contributed by atoms with Crippen LogP contribution >= 0.6 is 22.7 Å². The van der Waals surface area contributed by atoms with E-state index in [1.807, 2.05) is 20.2 Å². The van der Waals surface area contributed by atoms with Crippen LogP contribution in [0.4, 0.5) is 10.8 Å². The molecule has 2 aromatic heterocycles. The summed E-state index contributed by atoms with van der Waals surface area (Å²) in [6.07, 6.45) is 0.871. The summed E-state index contributed by atoms with van der Waals surface area (Å²) in [6, 6.07) is 12.8. The predicted molar refractivity (Wildman–Crippen MR) is 93.4 cm³/mol. The molecule has 5 heteroatoms. The molecular weight excluding hydrogens is 298 g/mol. The zero-order chi connectivity index (χ0) is 14.8. The van der Waals surface area contributed by atoms with E-state index in [4.69, 9.17) is 5.73 Å². The molecule has 0 unspecified atom stereocenters. The van der Waals surface area contributed by atoms with E-state index in [2.05, 4.69) is 45.6 Å². The van der Waals surface area contributed by atoms with Gasteiger partial charge in [-0.15, -0.1) is 22.7 Å². The van der Waals surface area contributed by atoms with Crippen molar-refractivity contribution in [3.8, 4) is 10.6 Å². The van der Waals surface area contributed by atoms with Gasteiger partial charge in [-0.3, -0.25) is 0 Å². The topological polar surface area (TPSA) is 42.1 Å². The van der Waals surface area contributed by atoms with Crippen molar-refractivity contribution in [3.05, 3.63) is 52.2 Å². The molecule has 0 aliphatic carbocycles. The van der Waals surface area contributed by atoms with Crippen molar-refractivity contribution in [2.45, 2.75) is 6.42 Å². The number of hydrogen-bond donors (Lipinski definition) is 1. The molecule has 2 N–H and O–H groups in total. The Balaban J connectivity index is 1.88. The Bertz CT molecular complexity index is 713. The van der Waals surface area contributed by atoms with E-state index >= 15 is 0 Å². The minimum atomic E-state index is 0.637. The lowest BCUT2D eigenvalue weighted by molar-refractivity contribution is 1.12. The van der Waals surface area contributed by atoms with Gasteiger partial charge >= 0.3 is 0 Å². The third-order valence-electron chi connectivity index (χ3n) is 3.29. The van der Waals surface area contributed by atoms with Crippen LogP contribution in [0.1, 0.15) is 10.4 Å². The monoisotopic (exact) mass is 315 g/mol. The number of nitrogens with zero attached hydrogens (tertiary/aromatic N) is 2. The average Bonchev–Trinajstić information content (AvgIpc) is 3.09. The zero-order valence-electron chi connectivity index (χ0n) is 12.0. The molecule has 1 aromatic carbocycles. The minimum absolute atomic E-state index is 0.637. The molecule has 0 saturated heterocycles. The molecule has 3 rings (SSSR count). The maximum Gasteiger partial charge on any atom is 0.180 e. The molecule has 0 amide bonds. The van der Waals surface area contributed by atoms with Gasteiger partial charge in [0.15, 0.2) is 5.13 Å². The molecule has 0 bridgehead atoms. The van der Waals surface area contributed by atoms with Gasteiger partial charge in [0.2, 0.25) is 0 Å². The van der Waals surface area contributed by atoms with E-state index in [1.54, 1.807) is 22.7 Å². The van der Waals surface area contributed by atoms with Crippen LogP contribution in [0, 0.1) is 0 Å². The van der Waals surface area contributed by atoms with Crippen LogP contribution in [0.2, 0.25) is 0 Å². The smallest absolute Gasteiger partial charge is 0.180 e. The van der Waals surface area contributed by atoms with Crippen LogP contribution in [-0.4, -0.2) is 19.1 Å². The van der Waals surface area contributed by atoms with Gasteiger partial charge in [-0.1, -0.05) is 18.2 Å². The van der Waals surface area contributed by atoms with E-state index in [1.165, 1.54) is 21.0 Å². The van der Waals surface area contributed by atoms with Crippen LogP contribution in [0.25, 0.3) is 10.6 Å². The lowest BCUT2D eigenvalue weighted by Gasteiger charge is -2.12. The standard InChI is InChI=1S/C16H17N3S2/c1-19(2)12-7-5-11(6-8-12)10-14-15(18-16(17)21-14)13-4-3-9-20-13/h3-9H,10H2,1-2H3,(H2,17,18). The molecule has 0 radical (unpaired) electrons. The minimum Gasteiger partial charge on any atom is -0.378 e. The molecule has 3 aromatic rings. The quantitative estimate of drug-likeness (QED) is 0.788. The molecule has 0 fully saturated rings. The van der Waals surface area contributed by atoms with Crippen LogP contribution < -0.4 is 10.6 Å². The van der Waals surface area contributed by atoms with Crippen molar-refractivity contribution in [3.63, 3.8) is 0 Å². The molecular formula is C16H17N3S2. The van der Waals surface area contributed by atoms with Crippen LogP contribution in [0.5, 0.6) is 0 Å². The highest BCUT2D eigenvalue weighted by Gasteiger charge is 2.13. The Morgan fingerprint density at radius 3 is 2.52 bits per heavy atom. The number of rotatable bonds is 4. The van der Waals surface area contributed by atoms with Crippen molar-refractivity contribution in [2.24, 2.45) is 0 Å². The predicted octanol–water partition coefficient (Wildman–Crippen LogP) is 4.11. The van der Waals surface area contributed by atoms with Gasteiger partial charge in [0.05, 0.1) is 10.6 Å². The number of hydrogen-bond acceptors (Lipinski definition) is 5. The molecule has 0 atom stereocenters. The molecule has 0 aliphatic rings. The summed E-state index contributed by atoms with van der Waals surface area (Å²) >= 11 is 3.28. The first kappa shape index (κ1) is 14.1. The van der Waals surface area contributed by atoms with Crippen molar-refractivity contribution in [2.75, 3.05) is 24.7 Å². The highest BCUT2D eigenvalue weighted by Crippen LogP contribution is 2.34. The second-order valence-electron chi connectivity index (χ2n) is 5.04. The number of thiophene rings is 1. The maximum absolute atomic E-state index is 5.91. The third-order valence-corrected chi connectivity index (χ3v) is 5.05. The first-order valence-corrected chi connectivity index (χ1v) is 8.38. The fraction of sp³-hybridized carbons (Fsp3) is 0.188. The van der Waals surface area contributed by atoms with Gasteiger partial charge in [-0.2, -0.15) is 0 Å². The number of nitrogens with two attached hydrogens (primary N) is 1. The number of benzene rings is 1. The highest BCUT2D eigenvalue weighted by atomic mass is 32.1. The zero-order valence-corrected chi connectivity index (χ0v) is 13.7. The molecule has 3 nitrogen and oxygen atoms in total. The van der Waals surface area contributed by atoms with Gasteiger partial charge in [-0.05, 0) is 29.1 Å². The lowest BCUT2D eigenvalue weighted by atomic mass is 10.1. The second kappa shape index (κ2) is 5.87. The van der Waals surface area contributed by atoms with Gasteiger partial charge in [0.25, 0.3) is 0 Å². The van der Waals surface area contributed by atoms with Gasteiger partial charge in [-0.25, -0.2) is 4.98 Å². The third kappa shape index (κ3) is 3.09. The number of thiazole rings is 1. The summed E-state index contributed by atoms with van der Waals surface area (Å²) in [5.41, 5.74) is 9.43. The Labute approximate surface area is 132 Å². The van der Waals surface area contributed by atoms with Crippen molar-refractivity contribution in [1.82, 2.24) is 4.98 Å². The summed E-state index contributed by atoms with van der Waals surface area (Å²) < 4.78 is 0. The second-order valence-corrected chi connectivity index (χ2v) is 7.10. The van der Waals surface area contributed by atoms with Crippen LogP contribution in [-0.2, 0) is 6.42 Å². The van der Waals surface area contributed by atoms with E-state index in [9.17, 15) is 0 Å². The fourth-order valence-electron chi connectivity index (χ4n) is 2.19. The highest BCUT2D eigenvalue weighted by molar-refractivity contribution is 7.17. The van der Waals surface area contributed by atoms with Crippen LogP contribution in [0.3, 0.4) is 0 Å². The van der Waals surface area contributed by atoms with Crippen LogP contribution in [0.15, 0.2) is 41.8 Å². The molecule has 0 spiro atoms. The first-order chi connectivity index (χ1) is 10.1. The van der Waals surface area contributed by atoms with Crippen molar-refractivity contribution < 1.29 is 0 Å². The normalized spacial score (nSPS) is 10.8. The summed E-state index contributed by atoms with van der Waals surface area (Å²) in [7, 11) is 4.10. The number of anilines is 2. The number of nitrogen functional groups attached to an aromatic ring is 1. The van der Waals surface area contributed by atoms with Gasteiger partial charge < -0.3 is 10.6 Å². The van der Waals surface area contributed by atoms with Gasteiger partial charge in [0.1, 0.15) is 0 Å². The van der Waals surface area contributed by atoms with Gasteiger partial charge in [0, 0.05) is 31.1 Å². The molecule has 0 saturated carbocycles. The largest absolute Gasteiger partial charge is 0.378 e. The summed E-state index contributed by atoms with van der Waals surface area (Å²) in [5, 5.41) is 2.71.